The summed E-state index contributed by atoms with van der Waals surface area (Å²) in [6.07, 6.45) is 2.20. The normalized spacial score (nSPS) is 12.5. The molecule has 5 heteroatoms. The van der Waals surface area contributed by atoms with E-state index in [0.29, 0.717) is 11.6 Å². The fraction of sp³-hybridized carbons (Fsp3) is 0.583. The van der Waals surface area contributed by atoms with Gasteiger partial charge in [0, 0.05) is 6.20 Å². The van der Waals surface area contributed by atoms with Crippen molar-refractivity contribution in [2.24, 2.45) is 5.92 Å². The predicted molar refractivity (Wildman–Crippen MR) is 63.3 cm³/mol. The molecule has 1 N–H and O–H groups in total. The third kappa shape index (κ3) is 4.01. The summed E-state index contributed by atoms with van der Waals surface area (Å²) in [5, 5.41) is 8.84. The Morgan fingerprint density at radius 2 is 2.12 bits per heavy atom. The van der Waals surface area contributed by atoms with Crippen molar-refractivity contribution in [2.75, 3.05) is 0 Å². The van der Waals surface area contributed by atoms with Gasteiger partial charge in [0.1, 0.15) is 0 Å². The molecule has 1 heterocycles. The van der Waals surface area contributed by atoms with Crippen molar-refractivity contribution < 1.29 is 14.6 Å². The summed E-state index contributed by atoms with van der Waals surface area (Å²) in [6.45, 7) is 7.80. The number of hydrogen-bond acceptors (Lipinski definition) is 4. The van der Waals surface area contributed by atoms with Crippen LogP contribution in [0.25, 0.3) is 0 Å². The minimum Gasteiger partial charge on any atom is -0.478 e. The Morgan fingerprint density at radius 1 is 1.47 bits per heavy atom. The number of carboxylic acid groups (broad SMARTS) is 1. The molecule has 1 rings (SSSR count). The van der Waals surface area contributed by atoms with Gasteiger partial charge >= 0.3 is 12.0 Å². The third-order valence-electron chi connectivity index (χ3n) is 2.30. The summed E-state index contributed by atoms with van der Waals surface area (Å²) >= 11 is 0. The number of rotatable bonds is 5. The molecule has 94 valence electrons. The Hall–Kier alpha value is -1.65. The van der Waals surface area contributed by atoms with Crippen LogP contribution in [0.3, 0.4) is 0 Å². The molecule has 0 saturated heterocycles. The molecule has 5 nitrogen and oxygen atoms in total. The monoisotopic (exact) mass is 238 g/mol. The second-order valence-corrected chi connectivity index (χ2v) is 4.51. The Bertz CT molecular complexity index is 405. The lowest BCUT2D eigenvalue weighted by atomic mass is 10.1. The first-order chi connectivity index (χ1) is 7.90. The molecule has 0 aliphatic heterocycles. The van der Waals surface area contributed by atoms with Crippen LogP contribution in [0.2, 0.25) is 0 Å². The lowest BCUT2D eigenvalue weighted by Gasteiger charge is -2.15. The zero-order valence-corrected chi connectivity index (χ0v) is 10.6. The highest BCUT2D eigenvalue weighted by Gasteiger charge is 2.13. The molecule has 0 saturated carbocycles. The van der Waals surface area contributed by atoms with Crippen molar-refractivity contribution in [1.82, 2.24) is 9.97 Å². The van der Waals surface area contributed by atoms with Gasteiger partial charge in [0.05, 0.1) is 17.4 Å². The molecule has 1 atom stereocenters. The summed E-state index contributed by atoms with van der Waals surface area (Å²) in [5.41, 5.74) is 0.521. The van der Waals surface area contributed by atoms with E-state index >= 15 is 0 Å². The molecule has 1 unspecified atom stereocenters. The smallest absolute Gasteiger partial charge is 0.339 e. The van der Waals surface area contributed by atoms with E-state index in [1.165, 1.54) is 6.20 Å². The van der Waals surface area contributed by atoms with Crippen LogP contribution in [0.1, 0.15) is 43.2 Å². The average molecular weight is 238 g/mol. The zero-order chi connectivity index (χ0) is 13.0. The van der Waals surface area contributed by atoms with Gasteiger partial charge in [0.25, 0.3) is 0 Å². The van der Waals surface area contributed by atoms with Crippen molar-refractivity contribution in [2.45, 2.75) is 40.2 Å². The fourth-order valence-corrected chi connectivity index (χ4v) is 1.60. The van der Waals surface area contributed by atoms with E-state index < -0.39 is 5.97 Å². The van der Waals surface area contributed by atoms with Gasteiger partial charge < -0.3 is 9.84 Å². The predicted octanol–water partition coefficient (Wildman–Crippen LogP) is 2.30. The third-order valence-corrected chi connectivity index (χ3v) is 2.30. The molecule has 0 fully saturated rings. The number of ether oxygens (including phenoxy) is 1. The van der Waals surface area contributed by atoms with Crippen LogP contribution < -0.4 is 4.74 Å². The van der Waals surface area contributed by atoms with Crippen molar-refractivity contribution in [3.05, 3.63) is 17.5 Å². The zero-order valence-electron chi connectivity index (χ0n) is 10.6. The molecule has 0 aliphatic carbocycles. The first kappa shape index (κ1) is 13.4. The van der Waals surface area contributed by atoms with Crippen LogP contribution in [-0.4, -0.2) is 27.1 Å². The Balaban J connectivity index is 2.74. The van der Waals surface area contributed by atoms with E-state index in [1.807, 2.05) is 6.92 Å². The highest BCUT2D eigenvalue weighted by molar-refractivity contribution is 5.88. The van der Waals surface area contributed by atoms with E-state index in [0.717, 1.165) is 6.42 Å². The lowest BCUT2D eigenvalue weighted by molar-refractivity contribution is 0.0694. The lowest BCUT2D eigenvalue weighted by Crippen LogP contribution is -2.16. The SMILES string of the molecule is Cc1nc(OC(C)CC(C)C)ncc1C(=O)O. The maximum absolute atomic E-state index is 10.8. The molecule has 1 aromatic rings. The van der Waals surface area contributed by atoms with E-state index in [4.69, 9.17) is 9.84 Å². The summed E-state index contributed by atoms with van der Waals surface area (Å²) in [7, 11) is 0. The Labute approximate surface area is 101 Å². The van der Waals surface area contributed by atoms with Crippen LogP contribution in [0.15, 0.2) is 6.20 Å². The molecule has 0 spiro atoms. The molecule has 1 aromatic heterocycles. The molecule has 0 amide bonds. The number of aromatic carboxylic acids is 1. The van der Waals surface area contributed by atoms with Gasteiger partial charge in [-0.15, -0.1) is 0 Å². The van der Waals surface area contributed by atoms with E-state index in [1.54, 1.807) is 6.92 Å². The minimum atomic E-state index is -1.02. The van der Waals surface area contributed by atoms with Crippen LogP contribution in [0, 0.1) is 12.8 Å². The molecule has 17 heavy (non-hydrogen) atoms. The minimum absolute atomic E-state index is 0.0186. The van der Waals surface area contributed by atoms with Gasteiger partial charge in [-0.25, -0.2) is 9.78 Å². The van der Waals surface area contributed by atoms with Gasteiger partial charge in [-0.3, -0.25) is 0 Å². The first-order valence-electron chi connectivity index (χ1n) is 5.63. The summed E-state index contributed by atoms with van der Waals surface area (Å²) < 4.78 is 5.53. The molecular weight excluding hydrogens is 220 g/mol. The second kappa shape index (κ2) is 5.61. The first-order valence-corrected chi connectivity index (χ1v) is 5.63. The van der Waals surface area contributed by atoms with Crippen molar-refractivity contribution in [3.8, 4) is 6.01 Å². The van der Waals surface area contributed by atoms with Crippen LogP contribution in [-0.2, 0) is 0 Å². The number of carbonyl (C=O) groups is 1. The van der Waals surface area contributed by atoms with E-state index in [2.05, 4.69) is 23.8 Å². The van der Waals surface area contributed by atoms with Crippen LogP contribution in [0.4, 0.5) is 0 Å². The topological polar surface area (TPSA) is 72.3 Å². The van der Waals surface area contributed by atoms with E-state index in [-0.39, 0.29) is 17.7 Å². The van der Waals surface area contributed by atoms with Crippen molar-refractivity contribution in [1.29, 1.82) is 0 Å². The quantitative estimate of drug-likeness (QED) is 0.852. The number of aromatic nitrogens is 2. The molecule has 0 radical (unpaired) electrons. The summed E-state index contributed by atoms with van der Waals surface area (Å²) in [4.78, 5) is 18.7. The highest BCUT2D eigenvalue weighted by atomic mass is 16.5. The molecule has 0 bridgehead atoms. The standard InChI is InChI=1S/C12H18N2O3/c1-7(2)5-8(3)17-12-13-6-10(11(15)16)9(4)14-12/h6-8H,5H2,1-4H3,(H,15,16). The summed E-state index contributed by atoms with van der Waals surface area (Å²) in [6, 6.07) is 0.237. The van der Waals surface area contributed by atoms with E-state index in [9.17, 15) is 4.79 Å². The number of nitrogens with zero attached hydrogens (tertiary/aromatic N) is 2. The van der Waals surface area contributed by atoms with Crippen LogP contribution in [0.5, 0.6) is 6.01 Å². The Kier molecular flexibility index (Phi) is 4.43. The van der Waals surface area contributed by atoms with Crippen LogP contribution >= 0.6 is 0 Å². The van der Waals surface area contributed by atoms with Gasteiger partial charge in [0.2, 0.25) is 0 Å². The number of aryl methyl sites for hydroxylation is 1. The Morgan fingerprint density at radius 3 is 2.59 bits per heavy atom. The average Bonchev–Trinajstić information content (AvgIpc) is 2.15. The van der Waals surface area contributed by atoms with Crippen molar-refractivity contribution in [3.63, 3.8) is 0 Å². The largest absolute Gasteiger partial charge is 0.478 e. The van der Waals surface area contributed by atoms with Gasteiger partial charge in [-0.05, 0) is 26.2 Å². The fourth-order valence-electron chi connectivity index (χ4n) is 1.60. The maximum atomic E-state index is 10.8. The number of hydrogen-bond donors (Lipinski definition) is 1. The number of carboxylic acids is 1. The molecule has 0 aromatic carbocycles. The molecular formula is C12H18N2O3. The molecule has 0 aliphatic rings. The van der Waals surface area contributed by atoms with Gasteiger partial charge in [0.15, 0.2) is 0 Å². The maximum Gasteiger partial charge on any atom is 0.339 e. The summed E-state index contributed by atoms with van der Waals surface area (Å²) in [5.74, 6) is -0.492. The highest BCUT2D eigenvalue weighted by Crippen LogP contribution is 2.13. The second-order valence-electron chi connectivity index (χ2n) is 4.51. The van der Waals surface area contributed by atoms with Gasteiger partial charge in [-0.1, -0.05) is 13.8 Å². The van der Waals surface area contributed by atoms with Crippen molar-refractivity contribution >= 4 is 5.97 Å². The van der Waals surface area contributed by atoms with Gasteiger partial charge in [-0.2, -0.15) is 4.98 Å².